The molecule has 0 bridgehead atoms. The Bertz CT molecular complexity index is 3900. The van der Waals surface area contributed by atoms with Crippen LogP contribution in [0.3, 0.4) is 0 Å². The summed E-state index contributed by atoms with van der Waals surface area (Å²) in [6.45, 7) is 0. The van der Waals surface area contributed by atoms with Gasteiger partial charge in [-0.2, -0.15) is 0 Å². The summed E-state index contributed by atoms with van der Waals surface area (Å²) in [6.07, 6.45) is 0. The van der Waals surface area contributed by atoms with Crippen molar-refractivity contribution in [3.05, 3.63) is 285 Å². The molecule has 0 aliphatic heterocycles. The number of nitrogens with zero attached hydrogens (tertiary/aromatic N) is 1. The van der Waals surface area contributed by atoms with Crippen LogP contribution in [0.2, 0.25) is 0 Å². The van der Waals surface area contributed by atoms with E-state index in [0.29, 0.717) is 0 Å². The Labute approximate surface area is 415 Å². The van der Waals surface area contributed by atoms with Gasteiger partial charge in [-0.25, -0.2) is 0 Å². The van der Waals surface area contributed by atoms with Gasteiger partial charge in [0.15, 0.2) is 8.07 Å². The van der Waals surface area contributed by atoms with Gasteiger partial charge in [-0.1, -0.05) is 231 Å². The lowest BCUT2D eigenvalue weighted by Gasteiger charge is -2.35. The van der Waals surface area contributed by atoms with Crippen molar-refractivity contribution in [3.8, 4) is 33.6 Å². The topological polar surface area (TPSA) is 16.4 Å². The highest BCUT2D eigenvalue weighted by atomic mass is 28.3. The van der Waals surface area contributed by atoms with Crippen molar-refractivity contribution in [2.24, 2.45) is 0 Å². The fraction of sp³-hybridized carbons (Fsp3) is 0. The van der Waals surface area contributed by atoms with Crippen molar-refractivity contribution < 1.29 is 4.42 Å². The van der Waals surface area contributed by atoms with Gasteiger partial charge in [0.1, 0.15) is 11.3 Å². The third kappa shape index (κ3) is 7.26. The van der Waals surface area contributed by atoms with E-state index in [1.54, 1.807) is 0 Å². The standard InChI is InChI=1S/C68H47NOSi/c1-5-20-50(21-6-1)65-66-63-31-17-15-29-61(63)62-30-16-18-32-64(62)68(66)70-67(65)51-37-41-55(42-38-51)69(54-39-35-49(36-40-54)53-34-33-48-19-13-14-22-52(48)47-53)56-43-45-60(46-44-56)71(57-23-7-2-8-24-57,58-25-9-3-10-26-58)59-27-11-4-12-28-59/h1-47H. The highest BCUT2D eigenvalue weighted by Gasteiger charge is 2.41. The lowest BCUT2D eigenvalue weighted by atomic mass is 9.92. The van der Waals surface area contributed by atoms with E-state index in [2.05, 4.69) is 290 Å². The molecule has 1 aromatic heterocycles. The van der Waals surface area contributed by atoms with Crippen LogP contribution in [0, 0.1) is 0 Å². The van der Waals surface area contributed by atoms with Gasteiger partial charge in [-0.05, 0) is 119 Å². The number of hydrogen-bond acceptors (Lipinski definition) is 2. The maximum atomic E-state index is 7.16. The summed E-state index contributed by atoms with van der Waals surface area (Å²) >= 11 is 0. The number of benzene rings is 12. The minimum atomic E-state index is -2.74. The van der Waals surface area contributed by atoms with Crippen molar-refractivity contribution in [2.45, 2.75) is 0 Å². The molecule has 13 rings (SSSR count). The SMILES string of the molecule is c1ccc(-c2c(-c3ccc(N(c4ccc(-c5ccc6ccccc6c5)cc4)c4ccc([Si](c5ccccc5)(c5ccccc5)c5ccccc5)cc4)cc3)oc3c4ccccc4c4ccccc4c23)cc1. The predicted octanol–water partition coefficient (Wildman–Crippen LogP) is 15.7. The van der Waals surface area contributed by atoms with Crippen LogP contribution >= 0.6 is 0 Å². The molecule has 71 heavy (non-hydrogen) atoms. The zero-order chi connectivity index (χ0) is 47.1. The first-order valence-corrected chi connectivity index (χ1v) is 26.4. The maximum Gasteiger partial charge on any atom is 0.179 e. The van der Waals surface area contributed by atoms with E-state index in [1.165, 1.54) is 58.8 Å². The van der Waals surface area contributed by atoms with Crippen molar-refractivity contribution in [1.29, 1.82) is 0 Å². The minimum absolute atomic E-state index is 0.860. The summed E-state index contributed by atoms with van der Waals surface area (Å²) in [7, 11) is -2.74. The molecule has 0 spiro atoms. The third-order valence-corrected chi connectivity index (χ3v) is 19.2. The van der Waals surface area contributed by atoms with Crippen LogP contribution in [0.4, 0.5) is 17.1 Å². The molecule has 13 aromatic rings. The summed E-state index contributed by atoms with van der Waals surface area (Å²) < 4.78 is 7.16. The minimum Gasteiger partial charge on any atom is -0.455 e. The Morgan fingerprint density at radius 2 is 0.690 bits per heavy atom. The van der Waals surface area contributed by atoms with E-state index < -0.39 is 8.07 Å². The Morgan fingerprint density at radius 1 is 0.282 bits per heavy atom. The number of anilines is 3. The first-order chi connectivity index (χ1) is 35.2. The van der Waals surface area contributed by atoms with Crippen LogP contribution in [0.5, 0.6) is 0 Å². The Morgan fingerprint density at radius 3 is 1.25 bits per heavy atom. The molecular formula is C68H47NOSi. The Kier molecular flexibility index (Phi) is 10.6. The molecule has 334 valence electrons. The summed E-state index contributed by atoms with van der Waals surface area (Å²) in [5.41, 5.74) is 9.71. The second kappa shape index (κ2) is 17.8. The van der Waals surface area contributed by atoms with E-state index in [4.69, 9.17) is 4.42 Å². The lowest BCUT2D eigenvalue weighted by molar-refractivity contribution is 0.636. The molecule has 0 saturated heterocycles. The molecular weight excluding hydrogens is 875 g/mol. The molecule has 12 aromatic carbocycles. The lowest BCUT2D eigenvalue weighted by Crippen LogP contribution is -2.74. The average molecular weight is 922 g/mol. The highest BCUT2D eigenvalue weighted by molar-refractivity contribution is 7.19. The van der Waals surface area contributed by atoms with Gasteiger partial charge in [0.2, 0.25) is 0 Å². The summed E-state index contributed by atoms with van der Waals surface area (Å²) in [4.78, 5) is 2.38. The second-order valence-electron chi connectivity index (χ2n) is 18.4. The van der Waals surface area contributed by atoms with E-state index in [-0.39, 0.29) is 0 Å². The molecule has 0 unspecified atom stereocenters. The smallest absolute Gasteiger partial charge is 0.179 e. The first kappa shape index (κ1) is 42.1. The van der Waals surface area contributed by atoms with Crippen LogP contribution in [0.1, 0.15) is 0 Å². The molecule has 0 aliphatic carbocycles. The van der Waals surface area contributed by atoms with Crippen LogP contribution in [0.25, 0.3) is 76.9 Å². The van der Waals surface area contributed by atoms with E-state index in [1.807, 2.05) is 0 Å². The monoisotopic (exact) mass is 921 g/mol. The zero-order valence-electron chi connectivity index (χ0n) is 39.0. The van der Waals surface area contributed by atoms with Crippen molar-refractivity contribution in [1.82, 2.24) is 0 Å². The number of furan rings is 1. The molecule has 0 atom stereocenters. The van der Waals surface area contributed by atoms with Crippen LogP contribution < -0.4 is 25.6 Å². The van der Waals surface area contributed by atoms with Crippen molar-refractivity contribution in [2.75, 3.05) is 4.90 Å². The summed E-state index contributed by atoms with van der Waals surface area (Å²) in [5, 5.41) is 13.7. The van der Waals surface area contributed by atoms with Gasteiger partial charge in [0, 0.05) is 39.0 Å². The van der Waals surface area contributed by atoms with Crippen LogP contribution in [0.15, 0.2) is 290 Å². The molecule has 2 nitrogen and oxygen atoms in total. The molecule has 0 aliphatic rings. The van der Waals surface area contributed by atoms with Gasteiger partial charge >= 0.3 is 0 Å². The van der Waals surface area contributed by atoms with E-state index in [0.717, 1.165) is 55.9 Å². The van der Waals surface area contributed by atoms with Gasteiger partial charge < -0.3 is 9.32 Å². The molecule has 0 amide bonds. The fourth-order valence-corrected chi connectivity index (χ4v) is 15.9. The van der Waals surface area contributed by atoms with Gasteiger partial charge in [0.05, 0.1) is 0 Å². The number of rotatable bonds is 10. The maximum absolute atomic E-state index is 7.16. The van der Waals surface area contributed by atoms with Crippen LogP contribution in [-0.4, -0.2) is 8.07 Å². The number of hydrogen-bond donors (Lipinski definition) is 0. The van der Waals surface area contributed by atoms with Crippen LogP contribution in [-0.2, 0) is 0 Å². The molecule has 3 heteroatoms. The second-order valence-corrected chi connectivity index (χ2v) is 22.2. The molecule has 0 radical (unpaired) electrons. The first-order valence-electron chi connectivity index (χ1n) is 24.4. The van der Waals surface area contributed by atoms with E-state index >= 15 is 0 Å². The molecule has 0 fully saturated rings. The average Bonchev–Trinajstić information content (AvgIpc) is 3.87. The molecule has 0 saturated carbocycles. The quantitative estimate of drug-likeness (QED) is 0.0772. The summed E-state index contributed by atoms with van der Waals surface area (Å²) in [6, 6.07) is 104. The van der Waals surface area contributed by atoms with Gasteiger partial charge in [-0.3, -0.25) is 0 Å². The molecule has 0 N–H and O–H groups in total. The van der Waals surface area contributed by atoms with Crippen molar-refractivity contribution in [3.63, 3.8) is 0 Å². The van der Waals surface area contributed by atoms with Gasteiger partial charge in [-0.15, -0.1) is 0 Å². The summed E-state index contributed by atoms with van der Waals surface area (Å²) in [5.74, 6) is 0.860. The highest BCUT2D eigenvalue weighted by Crippen LogP contribution is 2.48. The Hall–Kier alpha value is -9.02. The number of fused-ring (bicyclic) bond motifs is 7. The Balaban J connectivity index is 0.971. The van der Waals surface area contributed by atoms with Crippen molar-refractivity contribution >= 4 is 89.2 Å². The van der Waals surface area contributed by atoms with E-state index in [9.17, 15) is 0 Å². The normalized spacial score (nSPS) is 11.7. The third-order valence-electron chi connectivity index (χ3n) is 14.4. The van der Waals surface area contributed by atoms with Gasteiger partial charge in [0.25, 0.3) is 0 Å². The largest absolute Gasteiger partial charge is 0.455 e. The zero-order valence-corrected chi connectivity index (χ0v) is 40.0. The predicted molar refractivity (Wildman–Crippen MR) is 303 cm³/mol. The molecule has 1 heterocycles. The fourth-order valence-electron chi connectivity index (χ4n) is 11.1.